The molecule has 2 heterocycles. The lowest BCUT2D eigenvalue weighted by Gasteiger charge is -2.37. The van der Waals surface area contributed by atoms with Gasteiger partial charge in [-0.1, -0.05) is 19.8 Å². The van der Waals surface area contributed by atoms with Crippen molar-refractivity contribution in [3.63, 3.8) is 0 Å². The molecule has 3 nitrogen and oxygen atoms in total. The molecule has 1 amide bonds. The first-order valence-corrected chi connectivity index (χ1v) is 6.71. The number of aliphatic hydroxyl groups excluding tert-OH is 1. The summed E-state index contributed by atoms with van der Waals surface area (Å²) in [5, 5.41) is 9.67. The lowest BCUT2D eigenvalue weighted by molar-refractivity contribution is -0.137. The first-order valence-electron chi connectivity index (χ1n) is 6.71. The van der Waals surface area contributed by atoms with Crippen LogP contribution in [0.25, 0.3) is 0 Å². The number of rotatable bonds is 4. The number of hydrogen-bond acceptors (Lipinski definition) is 2. The van der Waals surface area contributed by atoms with Gasteiger partial charge in [-0.15, -0.1) is 0 Å². The van der Waals surface area contributed by atoms with Crippen molar-refractivity contribution in [2.75, 3.05) is 0 Å². The molecule has 0 spiro atoms. The SMILES string of the molecule is CCCCCC(=O)N1C2CCC1CC(O)C2. The molecule has 2 bridgehead atoms. The summed E-state index contributed by atoms with van der Waals surface area (Å²) < 4.78 is 0. The molecule has 2 unspecified atom stereocenters. The number of carbonyl (C=O) groups is 1. The highest BCUT2D eigenvalue weighted by Crippen LogP contribution is 2.36. The Labute approximate surface area is 97.8 Å². The molecule has 2 fully saturated rings. The number of carbonyl (C=O) groups excluding carboxylic acids is 1. The van der Waals surface area contributed by atoms with Gasteiger partial charge in [-0.25, -0.2) is 0 Å². The Morgan fingerprint density at radius 2 is 1.88 bits per heavy atom. The Morgan fingerprint density at radius 3 is 2.44 bits per heavy atom. The zero-order chi connectivity index (χ0) is 11.5. The van der Waals surface area contributed by atoms with E-state index >= 15 is 0 Å². The summed E-state index contributed by atoms with van der Waals surface area (Å²) in [7, 11) is 0. The summed E-state index contributed by atoms with van der Waals surface area (Å²) in [6, 6.07) is 0.672. The molecule has 0 radical (unpaired) electrons. The van der Waals surface area contributed by atoms with Gasteiger partial charge in [0.15, 0.2) is 0 Å². The van der Waals surface area contributed by atoms with Crippen molar-refractivity contribution in [1.82, 2.24) is 4.90 Å². The van der Waals surface area contributed by atoms with E-state index in [2.05, 4.69) is 11.8 Å². The van der Waals surface area contributed by atoms with E-state index in [1.807, 2.05) is 0 Å². The Kier molecular flexibility index (Phi) is 3.85. The molecule has 2 aliphatic rings. The highest BCUT2D eigenvalue weighted by molar-refractivity contribution is 5.77. The number of amides is 1. The first-order chi connectivity index (χ1) is 7.72. The standard InChI is InChI=1S/C13H23NO2/c1-2-3-4-5-13(16)14-10-6-7-11(14)9-12(15)8-10/h10-12,15H,2-9H2,1H3. The van der Waals surface area contributed by atoms with Crippen LogP contribution < -0.4 is 0 Å². The van der Waals surface area contributed by atoms with Crippen LogP contribution in [0.2, 0.25) is 0 Å². The van der Waals surface area contributed by atoms with E-state index in [1.54, 1.807) is 0 Å². The Morgan fingerprint density at radius 1 is 1.25 bits per heavy atom. The third kappa shape index (κ3) is 2.40. The van der Waals surface area contributed by atoms with Gasteiger partial charge in [0, 0.05) is 18.5 Å². The molecule has 2 rings (SSSR count). The molecule has 0 aromatic heterocycles. The van der Waals surface area contributed by atoms with Crippen LogP contribution in [-0.4, -0.2) is 34.1 Å². The maximum atomic E-state index is 12.1. The molecule has 16 heavy (non-hydrogen) atoms. The van der Waals surface area contributed by atoms with Crippen LogP contribution >= 0.6 is 0 Å². The topological polar surface area (TPSA) is 40.5 Å². The van der Waals surface area contributed by atoms with Crippen LogP contribution in [0, 0.1) is 0 Å². The maximum absolute atomic E-state index is 12.1. The molecule has 92 valence electrons. The predicted molar refractivity (Wildman–Crippen MR) is 63.0 cm³/mol. The first kappa shape index (κ1) is 11.9. The molecule has 2 aliphatic heterocycles. The molecule has 0 saturated carbocycles. The van der Waals surface area contributed by atoms with E-state index in [-0.39, 0.29) is 6.10 Å². The zero-order valence-electron chi connectivity index (χ0n) is 10.2. The van der Waals surface area contributed by atoms with Crippen molar-refractivity contribution in [2.24, 2.45) is 0 Å². The highest BCUT2D eigenvalue weighted by Gasteiger charge is 2.42. The molecule has 1 N–H and O–H groups in total. The number of aliphatic hydroxyl groups is 1. The van der Waals surface area contributed by atoms with Crippen molar-refractivity contribution < 1.29 is 9.90 Å². The predicted octanol–water partition coefficient (Wildman–Crippen LogP) is 2.08. The number of unbranched alkanes of at least 4 members (excludes halogenated alkanes) is 2. The molecular formula is C13H23NO2. The van der Waals surface area contributed by atoms with Crippen LogP contribution in [-0.2, 0) is 4.79 Å². The minimum Gasteiger partial charge on any atom is -0.393 e. The smallest absolute Gasteiger partial charge is 0.223 e. The molecule has 0 aromatic rings. The van der Waals surface area contributed by atoms with Crippen LogP contribution in [0.1, 0.15) is 58.3 Å². The number of nitrogens with zero attached hydrogens (tertiary/aromatic N) is 1. The number of piperidine rings is 1. The van der Waals surface area contributed by atoms with E-state index in [4.69, 9.17) is 0 Å². The van der Waals surface area contributed by atoms with E-state index < -0.39 is 0 Å². The van der Waals surface area contributed by atoms with Gasteiger partial charge in [-0.2, -0.15) is 0 Å². The van der Waals surface area contributed by atoms with Gasteiger partial charge in [0.05, 0.1) is 6.10 Å². The van der Waals surface area contributed by atoms with Gasteiger partial charge in [0.2, 0.25) is 5.91 Å². The van der Waals surface area contributed by atoms with Crippen LogP contribution in [0.3, 0.4) is 0 Å². The third-order valence-corrected chi connectivity index (χ3v) is 3.99. The van der Waals surface area contributed by atoms with Crippen LogP contribution in [0.15, 0.2) is 0 Å². The third-order valence-electron chi connectivity index (χ3n) is 3.99. The maximum Gasteiger partial charge on any atom is 0.223 e. The largest absolute Gasteiger partial charge is 0.393 e. The van der Waals surface area contributed by atoms with Crippen molar-refractivity contribution in [2.45, 2.75) is 76.5 Å². The average Bonchev–Trinajstić information content (AvgIpc) is 2.52. The minimum absolute atomic E-state index is 0.169. The lowest BCUT2D eigenvalue weighted by atomic mass is 9.99. The summed E-state index contributed by atoms with van der Waals surface area (Å²) in [4.78, 5) is 14.2. The van der Waals surface area contributed by atoms with Crippen molar-refractivity contribution in [3.05, 3.63) is 0 Å². The van der Waals surface area contributed by atoms with Gasteiger partial charge in [-0.3, -0.25) is 4.79 Å². The highest BCUT2D eigenvalue weighted by atomic mass is 16.3. The van der Waals surface area contributed by atoms with Gasteiger partial charge in [0.25, 0.3) is 0 Å². The van der Waals surface area contributed by atoms with Gasteiger partial charge < -0.3 is 10.0 Å². The summed E-state index contributed by atoms with van der Waals surface area (Å²) in [6.45, 7) is 2.16. The second-order valence-electron chi connectivity index (χ2n) is 5.27. The van der Waals surface area contributed by atoms with Crippen LogP contribution in [0.4, 0.5) is 0 Å². The Balaban J connectivity index is 1.87. The zero-order valence-corrected chi connectivity index (χ0v) is 10.2. The lowest BCUT2D eigenvalue weighted by Crippen LogP contribution is -2.47. The van der Waals surface area contributed by atoms with Gasteiger partial charge in [0.1, 0.15) is 0 Å². The summed E-state index contributed by atoms with van der Waals surface area (Å²) in [5.41, 5.74) is 0. The van der Waals surface area contributed by atoms with E-state index in [0.29, 0.717) is 24.4 Å². The number of fused-ring (bicyclic) bond motifs is 2. The quantitative estimate of drug-likeness (QED) is 0.744. The molecule has 2 saturated heterocycles. The monoisotopic (exact) mass is 225 g/mol. The summed E-state index contributed by atoms with van der Waals surface area (Å²) in [5.74, 6) is 0.327. The number of hydrogen-bond donors (Lipinski definition) is 1. The van der Waals surface area contributed by atoms with Crippen molar-refractivity contribution in [3.8, 4) is 0 Å². The molecular weight excluding hydrogens is 202 g/mol. The van der Waals surface area contributed by atoms with Gasteiger partial charge in [-0.05, 0) is 32.1 Å². The molecule has 0 aliphatic carbocycles. The fraction of sp³-hybridized carbons (Fsp3) is 0.923. The van der Waals surface area contributed by atoms with Gasteiger partial charge >= 0.3 is 0 Å². The molecule has 2 atom stereocenters. The fourth-order valence-electron chi connectivity index (χ4n) is 3.21. The van der Waals surface area contributed by atoms with E-state index in [0.717, 1.165) is 38.5 Å². The van der Waals surface area contributed by atoms with Crippen LogP contribution in [0.5, 0.6) is 0 Å². The normalized spacial score (nSPS) is 33.1. The van der Waals surface area contributed by atoms with E-state index in [1.165, 1.54) is 6.42 Å². The van der Waals surface area contributed by atoms with Crippen molar-refractivity contribution >= 4 is 5.91 Å². The Hall–Kier alpha value is -0.570. The van der Waals surface area contributed by atoms with E-state index in [9.17, 15) is 9.90 Å². The molecule has 0 aromatic carbocycles. The summed E-state index contributed by atoms with van der Waals surface area (Å²) in [6.07, 6.45) is 7.67. The fourth-order valence-corrected chi connectivity index (χ4v) is 3.21. The Bertz CT molecular complexity index is 240. The molecule has 3 heteroatoms. The summed E-state index contributed by atoms with van der Waals surface area (Å²) >= 11 is 0. The average molecular weight is 225 g/mol. The van der Waals surface area contributed by atoms with Crippen molar-refractivity contribution in [1.29, 1.82) is 0 Å². The second kappa shape index (κ2) is 5.17. The second-order valence-corrected chi connectivity index (χ2v) is 5.27. The minimum atomic E-state index is -0.169.